The summed E-state index contributed by atoms with van der Waals surface area (Å²) in [5, 5.41) is 4.34. The summed E-state index contributed by atoms with van der Waals surface area (Å²) in [4.78, 5) is 23.1. The van der Waals surface area contributed by atoms with Crippen molar-refractivity contribution < 1.29 is 17.8 Å². The zero-order valence-electron chi connectivity index (χ0n) is 42.5. The fourth-order valence-corrected chi connectivity index (χ4v) is 7.30. The molecule has 5 heteroatoms. The quantitative estimate of drug-likeness (QED) is 0.160. The third-order valence-electron chi connectivity index (χ3n) is 9.96. The van der Waals surface area contributed by atoms with Crippen LogP contribution in [-0.4, -0.2) is 19.1 Å². The van der Waals surface area contributed by atoms with E-state index in [4.69, 9.17) is 22.3 Å². The highest BCUT2D eigenvalue weighted by Crippen LogP contribution is 2.44. The molecule has 0 radical (unpaired) electrons. The maximum absolute atomic E-state index is 13.4. The van der Waals surface area contributed by atoms with E-state index < -0.39 is 84.1 Å². The van der Waals surface area contributed by atoms with Crippen LogP contribution in [0.3, 0.4) is 0 Å². The molecule has 266 valence electrons. The molecule has 0 atom stereocenters. The Labute approximate surface area is 342 Å². The van der Waals surface area contributed by atoms with Gasteiger partial charge in [0.15, 0.2) is 5.82 Å². The van der Waals surface area contributed by atoms with E-state index in [0.29, 0.717) is 16.8 Å². The van der Waals surface area contributed by atoms with Crippen LogP contribution >= 0.6 is 0 Å². The minimum Gasteiger partial charge on any atom is -0.295 e. The van der Waals surface area contributed by atoms with E-state index in [1.54, 1.807) is 30.3 Å². The maximum Gasteiger partial charge on any atom is 0.328 e. The SMILES string of the molecule is [2H]c1c([2H])c(-c2c([2H])c([2H])c3c(c2[2H])n(C([2H])([2H])[2H])c(=O)n3C([2H])([2H])[2H])c([2H])c([2H])c1-c1cc(-c2ccc(-c3c4ccccc4c(-c4ccccc4)c4ccccc34)cc2)nc(-c2ccccc2)n1. The number of hydrogen-bond donors (Lipinski definition) is 0. The molecule has 0 amide bonds. The van der Waals surface area contributed by atoms with Crippen molar-refractivity contribution >= 4 is 32.6 Å². The fraction of sp³-hybridized carbons (Fsp3) is 0.0392. The molecule has 0 aliphatic rings. The number of benzene rings is 8. The molecule has 0 aliphatic heterocycles. The van der Waals surface area contributed by atoms with Crippen molar-refractivity contribution in [3.63, 3.8) is 0 Å². The summed E-state index contributed by atoms with van der Waals surface area (Å²) in [5.74, 6) is 0.217. The van der Waals surface area contributed by atoms with Crippen LogP contribution in [0.25, 0.3) is 99.9 Å². The molecule has 10 aromatic rings. The van der Waals surface area contributed by atoms with Gasteiger partial charge in [-0.15, -0.1) is 0 Å². The molecule has 0 unspecified atom stereocenters. The molecule has 0 aliphatic carbocycles. The highest BCUT2D eigenvalue weighted by Gasteiger charge is 2.17. The van der Waals surface area contributed by atoms with Gasteiger partial charge in [0.1, 0.15) is 0 Å². The topological polar surface area (TPSA) is 52.7 Å². The van der Waals surface area contributed by atoms with Gasteiger partial charge in [-0.1, -0.05) is 164 Å². The average Bonchev–Trinajstić information content (AvgIpc) is 3.68. The van der Waals surface area contributed by atoms with Crippen molar-refractivity contribution in [1.82, 2.24) is 19.1 Å². The normalized spacial score (nSPS) is 15.2. The van der Waals surface area contributed by atoms with Crippen LogP contribution in [-0.2, 0) is 14.0 Å². The first-order valence-electron chi connectivity index (χ1n) is 24.3. The Kier molecular flexibility index (Phi) is 5.33. The van der Waals surface area contributed by atoms with Crippen molar-refractivity contribution in [2.45, 2.75) is 0 Å². The predicted molar refractivity (Wildman–Crippen MR) is 231 cm³/mol. The number of aromatic nitrogens is 4. The van der Waals surface area contributed by atoms with Crippen molar-refractivity contribution in [2.24, 2.45) is 14.0 Å². The van der Waals surface area contributed by atoms with Gasteiger partial charge in [0.2, 0.25) is 0 Å². The molecular weight excluding hydrogens is 685 g/mol. The van der Waals surface area contributed by atoms with Gasteiger partial charge in [-0.2, -0.15) is 0 Å². The molecule has 0 saturated carbocycles. The lowest BCUT2D eigenvalue weighted by Gasteiger charge is -2.18. The lowest BCUT2D eigenvalue weighted by atomic mass is 9.86. The van der Waals surface area contributed by atoms with Crippen LogP contribution < -0.4 is 5.69 Å². The maximum atomic E-state index is 13.4. The van der Waals surface area contributed by atoms with Gasteiger partial charge in [-0.25, -0.2) is 14.8 Å². The van der Waals surface area contributed by atoms with Crippen LogP contribution in [0.15, 0.2) is 187 Å². The molecule has 0 N–H and O–H groups in total. The Morgan fingerprint density at radius 2 is 0.893 bits per heavy atom. The van der Waals surface area contributed by atoms with E-state index in [9.17, 15) is 10.3 Å². The van der Waals surface area contributed by atoms with E-state index in [2.05, 4.69) is 36.4 Å². The summed E-state index contributed by atoms with van der Waals surface area (Å²) in [6.07, 6.45) is 0. The average molecular weight is 734 g/mol. The molecular formula is C51H36N4O. The standard InChI is InChI=1S/C51H36N4O/c1-54-46-30-29-39(31-47(46)55(2)51(54)56)33-21-23-34(24-22-33)44-32-45(53-50(52-44)38-15-7-4-8-16-38)35-25-27-37(28-26-35)49-42-19-11-9-17-40(42)48(36-13-5-3-6-14-36)41-18-10-12-20-43(41)49/h3-32H,1-2H3/i1D3,2D3,21D,22D,23D,24D,29D,30D,31D. The second-order valence-corrected chi connectivity index (χ2v) is 13.3. The lowest BCUT2D eigenvalue weighted by Crippen LogP contribution is -2.19. The Morgan fingerprint density at radius 1 is 0.446 bits per heavy atom. The summed E-state index contributed by atoms with van der Waals surface area (Å²) in [7, 11) is 0. The van der Waals surface area contributed by atoms with Gasteiger partial charge < -0.3 is 0 Å². The molecule has 8 aromatic carbocycles. The third-order valence-corrected chi connectivity index (χ3v) is 9.96. The minimum atomic E-state index is -3.36. The second-order valence-electron chi connectivity index (χ2n) is 13.3. The van der Waals surface area contributed by atoms with E-state index in [1.807, 2.05) is 72.8 Å². The van der Waals surface area contributed by atoms with Crippen molar-refractivity contribution in [3.05, 3.63) is 192 Å². The van der Waals surface area contributed by atoms with Gasteiger partial charge in [0, 0.05) is 38.9 Å². The molecule has 0 saturated heterocycles. The number of imidazole rings is 1. The molecule has 2 heterocycles. The minimum absolute atomic E-state index is 0.0137. The second kappa shape index (κ2) is 13.5. The molecule has 2 aromatic heterocycles. The Hall–Kier alpha value is -7.37. The highest BCUT2D eigenvalue weighted by atomic mass is 16.1. The zero-order valence-corrected chi connectivity index (χ0v) is 29.5. The molecule has 0 fully saturated rings. The smallest absolute Gasteiger partial charge is 0.295 e. The van der Waals surface area contributed by atoms with Gasteiger partial charge in [-0.05, 0) is 73.1 Å². The summed E-state index contributed by atoms with van der Waals surface area (Å²) >= 11 is 0. The fourth-order valence-electron chi connectivity index (χ4n) is 7.30. The highest BCUT2D eigenvalue weighted by molar-refractivity contribution is 6.21. The summed E-state index contributed by atoms with van der Waals surface area (Å²) in [6.45, 7) is -6.67. The van der Waals surface area contributed by atoms with Gasteiger partial charge in [-0.3, -0.25) is 9.13 Å². The summed E-state index contributed by atoms with van der Waals surface area (Å²) in [6, 6.07) is 39.7. The van der Waals surface area contributed by atoms with Crippen molar-refractivity contribution in [1.29, 1.82) is 0 Å². The van der Waals surface area contributed by atoms with Gasteiger partial charge in [0.25, 0.3) is 0 Å². The Balaban J connectivity index is 1.15. The number of aryl methyl sites for hydroxylation is 2. The van der Waals surface area contributed by atoms with E-state index in [1.165, 1.54) is 0 Å². The molecule has 0 bridgehead atoms. The van der Waals surface area contributed by atoms with Crippen LogP contribution in [0.1, 0.15) is 17.8 Å². The van der Waals surface area contributed by atoms with Crippen LogP contribution in [0, 0.1) is 0 Å². The lowest BCUT2D eigenvalue weighted by molar-refractivity contribution is 0.795. The molecule has 5 nitrogen and oxygen atoms in total. The van der Waals surface area contributed by atoms with Crippen molar-refractivity contribution in [3.8, 4) is 67.3 Å². The van der Waals surface area contributed by atoms with Gasteiger partial charge >= 0.3 is 5.69 Å². The zero-order chi connectivity index (χ0) is 48.8. The number of rotatable bonds is 6. The van der Waals surface area contributed by atoms with Crippen LogP contribution in [0.2, 0.25) is 0 Å². The largest absolute Gasteiger partial charge is 0.328 e. The molecule has 56 heavy (non-hydrogen) atoms. The first-order chi connectivity index (χ1) is 32.9. The number of hydrogen-bond acceptors (Lipinski definition) is 3. The van der Waals surface area contributed by atoms with Crippen molar-refractivity contribution in [2.75, 3.05) is 0 Å². The van der Waals surface area contributed by atoms with Crippen LogP contribution in [0.5, 0.6) is 0 Å². The molecule has 10 rings (SSSR count). The third kappa shape index (κ3) is 5.60. The summed E-state index contributed by atoms with van der Waals surface area (Å²) < 4.78 is 112. The summed E-state index contributed by atoms with van der Waals surface area (Å²) in [5.41, 5.74) is 1.08. The monoisotopic (exact) mass is 733 g/mol. The first-order valence-corrected chi connectivity index (χ1v) is 17.8. The predicted octanol–water partition coefficient (Wildman–Crippen LogP) is 12.0. The molecule has 0 spiro atoms. The Bertz CT molecular complexity index is 3710. The Morgan fingerprint density at radius 3 is 1.46 bits per heavy atom. The van der Waals surface area contributed by atoms with E-state index in [0.717, 1.165) is 43.8 Å². The van der Waals surface area contributed by atoms with Crippen LogP contribution in [0.4, 0.5) is 0 Å². The van der Waals surface area contributed by atoms with E-state index in [-0.39, 0.29) is 26.2 Å². The number of fused-ring (bicyclic) bond motifs is 3. The first kappa shape index (κ1) is 22.1. The number of nitrogens with zero attached hydrogens (tertiary/aromatic N) is 4. The van der Waals surface area contributed by atoms with E-state index >= 15 is 0 Å². The van der Waals surface area contributed by atoms with Gasteiger partial charge in [0.05, 0.1) is 32.0 Å².